The molecule has 3 nitrogen and oxygen atoms in total. The van der Waals surface area contributed by atoms with Crippen LogP contribution < -0.4 is 0 Å². The normalized spacial score (nSPS) is 12.8. The van der Waals surface area contributed by atoms with Crippen LogP contribution in [0.5, 0.6) is 0 Å². The van der Waals surface area contributed by atoms with Gasteiger partial charge in [0.25, 0.3) is 0 Å². The first-order valence-electron chi connectivity index (χ1n) is 5.68. The minimum absolute atomic E-state index is 0.595. The summed E-state index contributed by atoms with van der Waals surface area (Å²) in [5.41, 5.74) is 3.46. The first-order chi connectivity index (χ1) is 8.75. The Balaban J connectivity index is 2.07. The van der Waals surface area contributed by atoms with E-state index in [9.17, 15) is 5.11 Å². The number of aromatic nitrogens is 2. The van der Waals surface area contributed by atoms with Crippen LogP contribution in [0.3, 0.4) is 0 Å². The summed E-state index contributed by atoms with van der Waals surface area (Å²) < 4.78 is 0. The average Bonchev–Trinajstić information content (AvgIpc) is 2.83. The highest BCUT2D eigenvalue weighted by Crippen LogP contribution is 2.28. The number of hydrogen-bond acceptors (Lipinski definition) is 4. The van der Waals surface area contributed by atoms with Gasteiger partial charge in [-0.05, 0) is 41.6 Å². The van der Waals surface area contributed by atoms with E-state index in [1.54, 1.807) is 23.7 Å². The Bertz CT molecular complexity index is 693. The summed E-state index contributed by atoms with van der Waals surface area (Å²) in [7, 11) is 0. The molecule has 0 spiro atoms. The van der Waals surface area contributed by atoms with Crippen molar-refractivity contribution in [1.29, 1.82) is 0 Å². The Labute approximate surface area is 109 Å². The van der Waals surface area contributed by atoms with Gasteiger partial charge in [0.1, 0.15) is 6.10 Å². The molecule has 0 fully saturated rings. The van der Waals surface area contributed by atoms with Crippen LogP contribution >= 0.6 is 11.3 Å². The maximum absolute atomic E-state index is 10.4. The number of thiophene rings is 1. The highest BCUT2D eigenvalue weighted by atomic mass is 32.1. The van der Waals surface area contributed by atoms with Crippen molar-refractivity contribution in [2.45, 2.75) is 13.0 Å². The van der Waals surface area contributed by atoms with Crippen molar-refractivity contribution in [3.8, 4) is 0 Å². The van der Waals surface area contributed by atoms with Gasteiger partial charge < -0.3 is 5.11 Å². The summed E-state index contributed by atoms with van der Waals surface area (Å²) in [6.45, 7) is 2.02. The predicted octanol–water partition coefficient (Wildman–Crippen LogP) is 3.08. The summed E-state index contributed by atoms with van der Waals surface area (Å²) in [6.07, 6.45) is 2.73. The van der Waals surface area contributed by atoms with Gasteiger partial charge in [0.15, 0.2) is 0 Å². The highest BCUT2D eigenvalue weighted by Gasteiger charge is 2.14. The predicted molar refractivity (Wildman–Crippen MR) is 72.7 cm³/mol. The Morgan fingerprint density at radius 1 is 1.11 bits per heavy atom. The Hall–Kier alpha value is -1.78. The number of aliphatic hydroxyl groups is 1. The second-order valence-electron chi connectivity index (χ2n) is 4.14. The van der Waals surface area contributed by atoms with Crippen LogP contribution in [0.2, 0.25) is 0 Å². The van der Waals surface area contributed by atoms with E-state index in [1.165, 1.54) is 0 Å². The summed E-state index contributed by atoms with van der Waals surface area (Å²) in [4.78, 5) is 9.62. The largest absolute Gasteiger partial charge is 0.384 e. The number of fused-ring (bicyclic) bond motifs is 1. The van der Waals surface area contributed by atoms with Gasteiger partial charge in [0.2, 0.25) is 0 Å². The summed E-state index contributed by atoms with van der Waals surface area (Å²) >= 11 is 1.64. The molecule has 18 heavy (non-hydrogen) atoms. The highest BCUT2D eigenvalue weighted by molar-refractivity contribution is 7.10. The minimum atomic E-state index is -0.595. The fraction of sp³-hybridized carbons (Fsp3) is 0.143. The van der Waals surface area contributed by atoms with Crippen LogP contribution in [0.15, 0.2) is 42.0 Å². The van der Waals surface area contributed by atoms with E-state index >= 15 is 0 Å². The Morgan fingerprint density at radius 2 is 1.89 bits per heavy atom. The smallest absolute Gasteiger partial charge is 0.105 e. The molecule has 0 aliphatic rings. The maximum Gasteiger partial charge on any atom is 0.105 e. The monoisotopic (exact) mass is 256 g/mol. The third-order valence-electron chi connectivity index (χ3n) is 3.00. The zero-order chi connectivity index (χ0) is 12.5. The molecule has 0 amide bonds. The Kier molecular flexibility index (Phi) is 2.81. The zero-order valence-electron chi connectivity index (χ0n) is 9.87. The molecule has 0 radical (unpaired) electrons. The first-order valence-corrected chi connectivity index (χ1v) is 6.56. The molecular weight excluding hydrogens is 244 g/mol. The third kappa shape index (κ3) is 1.89. The second kappa shape index (κ2) is 4.48. The van der Waals surface area contributed by atoms with E-state index in [0.717, 1.165) is 27.0 Å². The number of aliphatic hydroxyl groups excluding tert-OH is 1. The molecule has 2 heterocycles. The van der Waals surface area contributed by atoms with Gasteiger partial charge in [-0.15, -0.1) is 11.3 Å². The standard InChI is InChI=1S/C14H12N2OS/c1-9-11(4-7-18-9)14(17)10-2-3-12-13(8-10)16-6-5-15-12/h2-8,14,17H,1H3. The average molecular weight is 256 g/mol. The van der Waals surface area contributed by atoms with Gasteiger partial charge in [-0.2, -0.15) is 0 Å². The molecule has 0 aliphatic heterocycles. The summed E-state index contributed by atoms with van der Waals surface area (Å²) in [6, 6.07) is 7.65. The van der Waals surface area contributed by atoms with Gasteiger partial charge >= 0.3 is 0 Å². The van der Waals surface area contributed by atoms with E-state index in [1.807, 2.05) is 36.6 Å². The first kappa shape index (κ1) is 11.3. The molecule has 3 rings (SSSR count). The van der Waals surface area contributed by atoms with Crippen molar-refractivity contribution in [3.05, 3.63) is 58.0 Å². The van der Waals surface area contributed by atoms with Crippen LogP contribution in [-0.4, -0.2) is 15.1 Å². The molecule has 0 aliphatic carbocycles. The van der Waals surface area contributed by atoms with Crippen molar-refractivity contribution in [3.63, 3.8) is 0 Å². The topological polar surface area (TPSA) is 46.0 Å². The molecule has 0 saturated heterocycles. The molecule has 4 heteroatoms. The molecule has 0 saturated carbocycles. The van der Waals surface area contributed by atoms with Crippen LogP contribution in [0, 0.1) is 6.92 Å². The minimum Gasteiger partial charge on any atom is -0.384 e. The number of aryl methyl sites for hydroxylation is 1. The molecule has 1 atom stereocenters. The molecule has 90 valence electrons. The van der Waals surface area contributed by atoms with E-state index < -0.39 is 6.10 Å². The molecule has 1 N–H and O–H groups in total. The fourth-order valence-electron chi connectivity index (χ4n) is 2.01. The van der Waals surface area contributed by atoms with E-state index in [0.29, 0.717) is 0 Å². The molecule has 2 aromatic heterocycles. The molecule has 1 aromatic carbocycles. The third-order valence-corrected chi connectivity index (χ3v) is 3.86. The van der Waals surface area contributed by atoms with Crippen LogP contribution in [0.4, 0.5) is 0 Å². The lowest BCUT2D eigenvalue weighted by atomic mass is 10.0. The molecule has 0 bridgehead atoms. The van der Waals surface area contributed by atoms with Gasteiger partial charge in [0, 0.05) is 17.3 Å². The summed E-state index contributed by atoms with van der Waals surface area (Å²) in [5.74, 6) is 0. The number of hydrogen-bond donors (Lipinski definition) is 1. The maximum atomic E-state index is 10.4. The van der Waals surface area contributed by atoms with Crippen LogP contribution in [0.25, 0.3) is 11.0 Å². The molecular formula is C14H12N2OS. The zero-order valence-corrected chi connectivity index (χ0v) is 10.7. The fourth-order valence-corrected chi connectivity index (χ4v) is 2.74. The van der Waals surface area contributed by atoms with Crippen molar-refractivity contribution in [1.82, 2.24) is 9.97 Å². The van der Waals surface area contributed by atoms with Gasteiger partial charge in [0.05, 0.1) is 11.0 Å². The van der Waals surface area contributed by atoms with Crippen LogP contribution in [0.1, 0.15) is 22.1 Å². The Morgan fingerprint density at radius 3 is 2.61 bits per heavy atom. The lowest BCUT2D eigenvalue weighted by Crippen LogP contribution is -2.00. The van der Waals surface area contributed by atoms with Gasteiger partial charge in [-0.25, -0.2) is 0 Å². The van der Waals surface area contributed by atoms with E-state index in [4.69, 9.17) is 0 Å². The SMILES string of the molecule is Cc1sccc1C(O)c1ccc2nccnc2c1. The van der Waals surface area contributed by atoms with Crippen molar-refractivity contribution in [2.75, 3.05) is 0 Å². The van der Waals surface area contributed by atoms with Crippen molar-refractivity contribution >= 4 is 22.4 Å². The van der Waals surface area contributed by atoms with Gasteiger partial charge in [-0.1, -0.05) is 6.07 Å². The number of nitrogens with zero attached hydrogens (tertiary/aromatic N) is 2. The lowest BCUT2D eigenvalue weighted by Gasteiger charge is -2.11. The van der Waals surface area contributed by atoms with E-state index in [2.05, 4.69) is 9.97 Å². The van der Waals surface area contributed by atoms with E-state index in [-0.39, 0.29) is 0 Å². The van der Waals surface area contributed by atoms with Crippen molar-refractivity contribution < 1.29 is 5.11 Å². The lowest BCUT2D eigenvalue weighted by molar-refractivity contribution is 0.220. The van der Waals surface area contributed by atoms with Gasteiger partial charge in [-0.3, -0.25) is 9.97 Å². The number of rotatable bonds is 2. The second-order valence-corrected chi connectivity index (χ2v) is 5.26. The van der Waals surface area contributed by atoms with Crippen LogP contribution in [-0.2, 0) is 0 Å². The molecule has 1 unspecified atom stereocenters. The summed E-state index contributed by atoms with van der Waals surface area (Å²) in [5, 5.41) is 12.4. The quantitative estimate of drug-likeness (QED) is 0.766. The molecule has 3 aromatic rings. The number of benzene rings is 1. The van der Waals surface area contributed by atoms with Crippen molar-refractivity contribution in [2.24, 2.45) is 0 Å².